The molecule has 0 saturated carbocycles. The first-order valence-electron chi connectivity index (χ1n) is 6.30. The number of pyridine rings is 1. The van der Waals surface area contributed by atoms with Crippen LogP contribution in [0.3, 0.4) is 0 Å². The molecule has 2 aromatic rings. The second-order valence-corrected chi connectivity index (χ2v) is 6.04. The van der Waals surface area contributed by atoms with Crippen molar-refractivity contribution in [3.8, 4) is 0 Å². The smallest absolute Gasteiger partial charge is 0.234 e. The summed E-state index contributed by atoms with van der Waals surface area (Å²) in [5, 5.41) is 0.717. The number of hydrogen-bond acceptors (Lipinski definition) is 3. The summed E-state index contributed by atoms with van der Waals surface area (Å²) in [5.41, 5.74) is 2.02. The lowest BCUT2D eigenvalue weighted by Gasteiger charge is -2.24. The Morgan fingerprint density at radius 3 is 2.90 bits per heavy atom. The summed E-state index contributed by atoms with van der Waals surface area (Å²) < 4.78 is 0. The molecule has 1 fully saturated rings. The highest BCUT2D eigenvalue weighted by Crippen LogP contribution is 2.39. The van der Waals surface area contributed by atoms with Crippen LogP contribution in [0.5, 0.6) is 0 Å². The quantitative estimate of drug-likeness (QED) is 0.870. The zero-order valence-electron chi connectivity index (χ0n) is 10.7. The summed E-state index contributed by atoms with van der Waals surface area (Å²) in [6.45, 7) is 0.533. The number of carbonyl (C=O) groups is 1. The van der Waals surface area contributed by atoms with E-state index in [1.807, 2.05) is 47.5 Å². The number of halogens is 1. The van der Waals surface area contributed by atoms with Gasteiger partial charge in [-0.2, -0.15) is 0 Å². The lowest BCUT2D eigenvalue weighted by molar-refractivity contribution is -0.128. The monoisotopic (exact) mass is 304 g/mol. The molecule has 1 atom stereocenters. The molecule has 0 radical (unpaired) electrons. The average Bonchev–Trinajstić information content (AvgIpc) is 2.84. The zero-order chi connectivity index (χ0) is 13.9. The maximum atomic E-state index is 12.1. The Bertz CT molecular complexity index is 620. The summed E-state index contributed by atoms with van der Waals surface area (Å²) in [6.07, 6.45) is 3.55. The minimum absolute atomic E-state index is 0.0208. The first kappa shape index (κ1) is 13.5. The number of rotatable bonds is 3. The van der Waals surface area contributed by atoms with E-state index in [-0.39, 0.29) is 11.3 Å². The molecule has 5 heteroatoms. The number of benzene rings is 1. The molecule has 2 heterocycles. The van der Waals surface area contributed by atoms with Crippen LogP contribution >= 0.6 is 23.4 Å². The van der Waals surface area contributed by atoms with Crippen LogP contribution in [0.15, 0.2) is 48.8 Å². The van der Waals surface area contributed by atoms with Gasteiger partial charge in [0.25, 0.3) is 0 Å². The third kappa shape index (κ3) is 2.67. The molecule has 0 bridgehead atoms. The molecule has 3 nitrogen and oxygen atoms in total. The fraction of sp³-hybridized carbons (Fsp3) is 0.200. The van der Waals surface area contributed by atoms with Crippen LogP contribution in [0.1, 0.15) is 16.5 Å². The van der Waals surface area contributed by atoms with Gasteiger partial charge < -0.3 is 4.90 Å². The van der Waals surface area contributed by atoms with Crippen molar-refractivity contribution in [2.75, 3.05) is 5.75 Å². The molecular formula is C15H13ClN2OS. The molecule has 1 aliphatic rings. The Hall–Kier alpha value is -1.52. The Labute approximate surface area is 127 Å². The van der Waals surface area contributed by atoms with E-state index in [1.54, 1.807) is 18.0 Å². The lowest BCUT2D eigenvalue weighted by Crippen LogP contribution is -2.27. The van der Waals surface area contributed by atoms with Crippen LogP contribution in [-0.2, 0) is 11.3 Å². The fourth-order valence-corrected chi connectivity index (χ4v) is 3.60. The molecule has 1 aliphatic heterocycles. The molecule has 1 saturated heterocycles. The van der Waals surface area contributed by atoms with Gasteiger partial charge in [-0.25, -0.2) is 0 Å². The summed E-state index contributed by atoms with van der Waals surface area (Å²) in [6, 6.07) is 11.5. The van der Waals surface area contributed by atoms with Crippen LogP contribution < -0.4 is 0 Å². The Kier molecular flexibility index (Phi) is 3.94. The van der Waals surface area contributed by atoms with E-state index >= 15 is 0 Å². The SMILES string of the molecule is O=C1CSC(c2cccnc2)N1Cc1ccccc1Cl. The van der Waals surface area contributed by atoms with E-state index in [2.05, 4.69) is 4.98 Å². The van der Waals surface area contributed by atoms with Crippen LogP contribution in [0.25, 0.3) is 0 Å². The number of nitrogens with zero attached hydrogens (tertiary/aromatic N) is 2. The number of hydrogen-bond donors (Lipinski definition) is 0. The Morgan fingerprint density at radius 1 is 1.30 bits per heavy atom. The van der Waals surface area contributed by atoms with E-state index in [9.17, 15) is 4.79 Å². The molecule has 20 heavy (non-hydrogen) atoms. The van der Waals surface area contributed by atoms with Crippen molar-refractivity contribution < 1.29 is 4.79 Å². The van der Waals surface area contributed by atoms with Gasteiger partial charge in [-0.1, -0.05) is 35.9 Å². The van der Waals surface area contributed by atoms with Gasteiger partial charge in [0, 0.05) is 29.5 Å². The maximum absolute atomic E-state index is 12.1. The third-order valence-electron chi connectivity index (χ3n) is 3.24. The maximum Gasteiger partial charge on any atom is 0.234 e. The van der Waals surface area contributed by atoms with Gasteiger partial charge in [0.2, 0.25) is 5.91 Å². The largest absolute Gasteiger partial charge is 0.321 e. The predicted octanol–water partition coefficient (Wildman–Crippen LogP) is 3.51. The molecule has 3 rings (SSSR count). The first-order chi connectivity index (χ1) is 9.75. The summed E-state index contributed by atoms with van der Waals surface area (Å²) >= 11 is 7.82. The average molecular weight is 305 g/mol. The van der Waals surface area contributed by atoms with Crippen LogP contribution in [-0.4, -0.2) is 21.5 Å². The van der Waals surface area contributed by atoms with E-state index in [0.717, 1.165) is 11.1 Å². The highest BCUT2D eigenvalue weighted by Gasteiger charge is 2.33. The molecule has 1 aromatic carbocycles. The van der Waals surface area contributed by atoms with Crippen LogP contribution in [0.2, 0.25) is 5.02 Å². The topological polar surface area (TPSA) is 33.2 Å². The number of amides is 1. The van der Waals surface area contributed by atoms with E-state index < -0.39 is 0 Å². The molecular weight excluding hydrogens is 292 g/mol. The summed E-state index contributed by atoms with van der Waals surface area (Å²) in [5.74, 6) is 0.646. The van der Waals surface area contributed by atoms with Gasteiger partial charge >= 0.3 is 0 Å². The van der Waals surface area contributed by atoms with Gasteiger partial charge in [-0.3, -0.25) is 9.78 Å². The highest BCUT2D eigenvalue weighted by atomic mass is 35.5. The second-order valence-electron chi connectivity index (χ2n) is 4.56. The first-order valence-corrected chi connectivity index (χ1v) is 7.73. The molecule has 1 aromatic heterocycles. The number of aromatic nitrogens is 1. The second kappa shape index (κ2) is 5.85. The van der Waals surface area contributed by atoms with Crippen LogP contribution in [0, 0.1) is 0 Å². The van der Waals surface area contributed by atoms with Crippen LogP contribution in [0.4, 0.5) is 0 Å². The molecule has 0 N–H and O–H groups in total. The van der Waals surface area contributed by atoms with E-state index in [4.69, 9.17) is 11.6 Å². The van der Waals surface area contributed by atoms with E-state index in [1.165, 1.54) is 0 Å². The third-order valence-corrected chi connectivity index (χ3v) is 4.86. The Balaban J connectivity index is 1.86. The van der Waals surface area contributed by atoms with Crippen molar-refractivity contribution >= 4 is 29.3 Å². The van der Waals surface area contributed by atoms with Gasteiger partial charge in [0.1, 0.15) is 5.37 Å². The fourth-order valence-electron chi connectivity index (χ4n) is 2.23. The number of carbonyl (C=O) groups excluding carboxylic acids is 1. The molecule has 0 aliphatic carbocycles. The van der Waals surface area contributed by atoms with Gasteiger partial charge in [-0.15, -0.1) is 11.8 Å². The van der Waals surface area contributed by atoms with Crippen molar-refractivity contribution in [1.29, 1.82) is 0 Å². The van der Waals surface area contributed by atoms with Crippen molar-refractivity contribution in [3.05, 3.63) is 64.9 Å². The van der Waals surface area contributed by atoms with Crippen molar-refractivity contribution in [2.24, 2.45) is 0 Å². The summed E-state index contributed by atoms with van der Waals surface area (Å²) in [7, 11) is 0. The van der Waals surface area contributed by atoms with Crippen molar-refractivity contribution in [1.82, 2.24) is 9.88 Å². The van der Waals surface area contributed by atoms with Crippen molar-refractivity contribution in [3.63, 3.8) is 0 Å². The molecule has 0 spiro atoms. The number of thioether (sulfide) groups is 1. The van der Waals surface area contributed by atoms with Gasteiger partial charge in [0.05, 0.1) is 5.75 Å². The Morgan fingerprint density at radius 2 is 2.15 bits per heavy atom. The van der Waals surface area contributed by atoms with E-state index in [0.29, 0.717) is 17.3 Å². The van der Waals surface area contributed by atoms with Gasteiger partial charge in [0.15, 0.2) is 0 Å². The zero-order valence-corrected chi connectivity index (χ0v) is 12.3. The minimum Gasteiger partial charge on any atom is -0.321 e. The molecule has 1 amide bonds. The molecule has 1 unspecified atom stereocenters. The van der Waals surface area contributed by atoms with Gasteiger partial charge in [-0.05, 0) is 17.7 Å². The normalized spacial score (nSPS) is 18.6. The summed E-state index contributed by atoms with van der Waals surface area (Å²) in [4.78, 5) is 18.1. The van der Waals surface area contributed by atoms with Crippen molar-refractivity contribution in [2.45, 2.75) is 11.9 Å². The standard InChI is InChI=1S/C15H13ClN2OS/c16-13-6-2-1-4-12(13)9-18-14(19)10-20-15(18)11-5-3-7-17-8-11/h1-8,15H,9-10H2. The highest BCUT2D eigenvalue weighted by molar-refractivity contribution is 8.00. The lowest BCUT2D eigenvalue weighted by atomic mass is 10.2. The predicted molar refractivity (Wildman–Crippen MR) is 81.4 cm³/mol. The molecule has 102 valence electrons. The minimum atomic E-state index is 0.0208.